The van der Waals surface area contributed by atoms with Crippen LogP contribution in [0.25, 0.3) is 0 Å². The van der Waals surface area contributed by atoms with Crippen molar-refractivity contribution in [2.24, 2.45) is 5.92 Å². The van der Waals surface area contributed by atoms with E-state index in [0.29, 0.717) is 6.04 Å². The first-order chi connectivity index (χ1) is 8.31. The Morgan fingerprint density at radius 3 is 2.94 bits per heavy atom. The lowest BCUT2D eigenvalue weighted by atomic mass is 10.1. The number of fused-ring (bicyclic) bond motifs is 1. The van der Waals surface area contributed by atoms with Crippen molar-refractivity contribution in [3.63, 3.8) is 0 Å². The standard InChI is InChI=1S/C13H20BrN3/c1-2-3-4-10-12(14)13-15-8-7-11(9-5-6-9)17(13)16-10/h9,11,15H,2-8H2,1H3. The molecule has 4 heteroatoms. The molecule has 1 aromatic heterocycles. The number of aromatic nitrogens is 2. The van der Waals surface area contributed by atoms with Crippen LogP contribution < -0.4 is 5.32 Å². The zero-order valence-corrected chi connectivity index (χ0v) is 12.0. The molecule has 1 aromatic rings. The number of rotatable bonds is 4. The van der Waals surface area contributed by atoms with Crippen LogP contribution in [0.5, 0.6) is 0 Å². The van der Waals surface area contributed by atoms with Crippen molar-refractivity contribution in [3.8, 4) is 0 Å². The van der Waals surface area contributed by atoms with Crippen LogP contribution in [-0.2, 0) is 6.42 Å². The predicted molar refractivity (Wildman–Crippen MR) is 73.4 cm³/mol. The molecular formula is C13H20BrN3. The van der Waals surface area contributed by atoms with E-state index >= 15 is 0 Å². The Bertz CT molecular complexity index is 409. The fourth-order valence-electron chi connectivity index (χ4n) is 2.74. The van der Waals surface area contributed by atoms with Crippen LogP contribution in [-0.4, -0.2) is 16.3 Å². The van der Waals surface area contributed by atoms with E-state index in [-0.39, 0.29) is 0 Å². The third kappa shape index (κ3) is 2.12. The molecular weight excluding hydrogens is 278 g/mol. The van der Waals surface area contributed by atoms with Gasteiger partial charge in [-0.05, 0) is 54.0 Å². The second kappa shape index (κ2) is 4.63. The lowest BCUT2D eigenvalue weighted by molar-refractivity contribution is 0.373. The molecule has 2 heterocycles. The average Bonchev–Trinajstić information content (AvgIpc) is 3.13. The highest BCUT2D eigenvalue weighted by Gasteiger charge is 2.36. The minimum atomic E-state index is 0.651. The van der Waals surface area contributed by atoms with Crippen molar-refractivity contribution in [1.82, 2.24) is 9.78 Å². The molecule has 0 radical (unpaired) electrons. The molecule has 1 unspecified atom stereocenters. The number of nitrogens with one attached hydrogen (secondary N) is 1. The molecule has 0 amide bonds. The first-order valence-electron chi connectivity index (χ1n) is 6.82. The van der Waals surface area contributed by atoms with E-state index in [1.807, 2.05) is 0 Å². The summed E-state index contributed by atoms with van der Waals surface area (Å²) in [6, 6.07) is 0.651. The Hall–Kier alpha value is -0.510. The van der Waals surface area contributed by atoms with Gasteiger partial charge >= 0.3 is 0 Å². The van der Waals surface area contributed by atoms with Gasteiger partial charge in [0.1, 0.15) is 5.82 Å². The number of halogens is 1. The maximum atomic E-state index is 4.84. The van der Waals surface area contributed by atoms with E-state index in [4.69, 9.17) is 5.10 Å². The molecule has 0 spiro atoms. The van der Waals surface area contributed by atoms with Crippen LogP contribution >= 0.6 is 15.9 Å². The van der Waals surface area contributed by atoms with Crippen LogP contribution in [0.1, 0.15) is 50.8 Å². The Balaban J connectivity index is 1.88. The topological polar surface area (TPSA) is 29.9 Å². The number of hydrogen-bond acceptors (Lipinski definition) is 2. The summed E-state index contributed by atoms with van der Waals surface area (Å²) < 4.78 is 3.47. The molecule has 1 fully saturated rings. The third-order valence-electron chi connectivity index (χ3n) is 3.90. The summed E-state index contributed by atoms with van der Waals surface area (Å²) in [5.74, 6) is 2.11. The second-order valence-corrected chi connectivity index (χ2v) is 6.07. The van der Waals surface area contributed by atoms with Crippen molar-refractivity contribution < 1.29 is 0 Å². The Morgan fingerprint density at radius 2 is 2.24 bits per heavy atom. The average molecular weight is 298 g/mol. The molecule has 17 heavy (non-hydrogen) atoms. The van der Waals surface area contributed by atoms with Gasteiger partial charge in [-0.25, -0.2) is 4.68 Å². The van der Waals surface area contributed by atoms with E-state index in [2.05, 4.69) is 32.9 Å². The molecule has 0 saturated heterocycles. The molecule has 1 atom stereocenters. The third-order valence-corrected chi connectivity index (χ3v) is 4.73. The van der Waals surface area contributed by atoms with Crippen molar-refractivity contribution in [3.05, 3.63) is 10.2 Å². The SMILES string of the molecule is CCCCc1nn2c(c1Br)NCCC2C1CC1. The van der Waals surface area contributed by atoms with Crippen molar-refractivity contribution >= 4 is 21.7 Å². The van der Waals surface area contributed by atoms with Gasteiger partial charge in [0.05, 0.1) is 16.2 Å². The van der Waals surface area contributed by atoms with Gasteiger partial charge in [-0.2, -0.15) is 5.10 Å². The largest absolute Gasteiger partial charge is 0.369 e. The minimum Gasteiger partial charge on any atom is -0.369 e. The first kappa shape index (κ1) is 11.6. The number of anilines is 1. The number of aryl methyl sites for hydroxylation is 1. The maximum absolute atomic E-state index is 4.84. The summed E-state index contributed by atoms with van der Waals surface area (Å²) in [6.45, 7) is 3.33. The number of hydrogen-bond donors (Lipinski definition) is 1. The molecule has 2 aliphatic rings. The lowest BCUT2D eigenvalue weighted by Crippen LogP contribution is -2.24. The molecule has 0 bridgehead atoms. The second-order valence-electron chi connectivity index (χ2n) is 5.28. The van der Waals surface area contributed by atoms with Gasteiger partial charge in [-0.15, -0.1) is 0 Å². The minimum absolute atomic E-state index is 0.651. The highest BCUT2D eigenvalue weighted by Crippen LogP contribution is 2.45. The van der Waals surface area contributed by atoms with Gasteiger partial charge in [0.25, 0.3) is 0 Å². The van der Waals surface area contributed by atoms with Crippen molar-refractivity contribution in [2.75, 3.05) is 11.9 Å². The predicted octanol–water partition coefficient (Wildman–Crippen LogP) is 3.75. The van der Waals surface area contributed by atoms with Crippen LogP contribution in [0.2, 0.25) is 0 Å². The van der Waals surface area contributed by atoms with Crippen LogP contribution in [0.4, 0.5) is 5.82 Å². The fourth-order valence-corrected chi connectivity index (χ4v) is 3.34. The Kier molecular flexibility index (Phi) is 3.16. The summed E-state index contributed by atoms with van der Waals surface area (Å²) in [7, 11) is 0. The zero-order chi connectivity index (χ0) is 11.8. The molecule has 1 aliphatic carbocycles. The molecule has 1 saturated carbocycles. The lowest BCUT2D eigenvalue weighted by Gasteiger charge is -2.25. The number of nitrogens with zero attached hydrogens (tertiary/aromatic N) is 2. The summed E-state index contributed by atoms with van der Waals surface area (Å²) in [5.41, 5.74) is 1.24. The van der Waals surface area contributed by atoms with Gasteiger partial charge in [-0.3, -0.25) is 0 Å². The van der Waals surface area contributed by atoms with Gasteiger partial charge < -0.3 is 5.32 Å². The van der Waals surface area contributed by atoms with E-state index in [1.165, 1.54) is 48.1 Å². The van der Waals surface area contributed by atoms with Crippen molar-refractivity contribution in [1.29, 1.82) is 0 Å². The summed E-state index contributed by atoms with van der Waals surface area (Å²) in [5, 5.41) is 8.33. The van der Waals surface area contributed by atoms with Crippen LogP contribution in [0, 0.1) is 5.92 Å². The van der Waals surface area contributed by atoms with E-state index in [9.17, 15) is 0 Å². The molecule has 1 aliphatic heterocycles. The van der Waals surface area contributed by atoms with Gasteiger partial charge in [0.15, 0.2) is 0 Å². The highest BCUT2D eigenvalue weighted by molar-refractivity contribution is 9.10. The Labute approximate surface area is 111 Å². The maximum Gasteiger partial charge on any atom is 0.139 e. The normalized spacial score (nSPS) is 23.3. The molecule has 0 aromatic carbocycles. The fraction of sp³-hybridized carbons (Fsp3) is 0.769. The van der Waals surface area contributed by atoms with E-state index in [0.717, 1.165) is 18.9 Å². The Morgan fingerprint density at radius 1 is 1.41 bits per heavy atom. The number of unbranched alkanes of at least 4 members (excludes halogenated alkanes) is 1. The van der Waals surface area contributed by atoms with Gasteiger partial charge in [0.2, 0.25) is 0 Å². The molecule has 3 rings (SSSR count). The summed E-state index contributed by atoms with van der Waals surface area (Å²) >= 11 is 3.72. The monoisotopic (exact) mass is 297 g/mol. The van der Waals surface area contributed by atoms with Crippen LogP contribution in [0.3, 0.4) is 0 Å². The van der Waals surface area contributed by atoms with E-state index in [1.54, 1.807) is 0 Å². The zero-order valence-electron chi connectivity index (χ0n) is 10.4. The van der Waals surface area contributed by atoms with Gasteiger partial charge in [-0.1, -0.05) is 13.3 Å². The van der Waals surface area contributed by atoms with Crippen molar-refractivity contribution in [2.45, 2.75) is 51.5 Å². The molecule has 3 nitrogen and oxygen atoms in total. The quantitative estimate of drug-likeness (QED) is 0.917. The summed E-state index contributed by atoms with van der Waals surface area (Å²) in [6.07, 6.45) is 7.57. The summed E-state index contributed by atoms with van der Waals surface area (Å²) in [4.78, 5) is 0. The molecule has 1 N–H and O–H groups in total. The van der Waals surface area contributed by atoms with Gasteiger partial charge in [0, 0.05) is 6.54 Å². The van der Waals surface area contributed by atoms with Crippen LogP contribution in [0.15, 0.2) is 4.47 Å². The molecule has 94 valence electrons. The smallest absolute Gasteiger partial charge is 0.139 e. The highest BCUT2D eigenvalue weighted by atomic mass is 79.9. The van der Waals surface area contributed by atoms with E-state index < -0.39 is 0 Å². The first-order valence-corrected chi connectivity index (χ1v) is 7.61.